The lowest BCUT2D eigenvalue weighted by molar-refractivity contribution is -0.120. The summed E-state index contributed by atoms with van der Waals surface area (Å²) in [6.45, 7) is 3.95. The summed E-state index contributed by atoms with van der Waals surface area (Å²) in [6, 6.07) is 0. The van der Waals surface area contributed by atoms with Gasteiger partial charge in [0.15, 0.2) is 5.82 Å². The molecule has 0 spiro atoms. The number of carbonyl (C=O) groups is 1. The van der Waals surface area contributed by atoms with E-state index in [9.17, 15) is 4.79 Å². The maximum atomic E-state index is 11.1. The lowest BCUT2D eigenvalue weighted by Gasteiger charge is -2.04. The Kier molecular flexibility index (Phi) is 3.94. The van der Waals surface area contributed by atoms with Crippen LogP contribution in [-0.2, 0) is 11.2 Å². The Labute approximate surface area is 87.7 Å². The average molecular weight is 215 g/mol. The van der Waals surface area contributed by atoms with Gasteiger partial charge >= 0.3 is 0 Å². The molecule has 1 N–H and O–H groups in total. The first-order valence-corrected chi connectivity index (χ1v) is 4.86. The van der Waals surface area contributed by atoms with E-state index in [4.69, 9.17) is 4.52 Å². The number of amides is 1. The summed E-state index contributed by atoms with van der Waals surface area (Å²) in [4.78, 5) is 15.1. The second-order valence-electron chi connectivity index (χ2n) is 2.95. The molecule has 0 aliphatic carbocycles. The highest BCUT2D eigenvalue weighted by molar-refractivity contribution is 7.81. The van der Waals surface area contributed by atoms with Crippen molar-refractivity contribution in [2.75, 3.05) is 6.54 Å². The second-order valence-corrected chi connectivity index (χ2v) is 3.72. The first-order chi connectivity index (χ1) is 6.59. The molecule has 1 amide bonds. The molecule has 1 atom stereocenters. The quantitative estimate of drug-likeness (QED) is 0.711. The third kappa shape index (κ3) is 3.37. The highest BCUT2D eigenvalue weighted by atomic mass is 32.1. The molecular weight excluding hydrogens is 202 g/mol. The van der Waals surface area contributed by atoms with Gasteiger partial charge in [0.05, 0.1) is 5.25 Å². The standard InChI is InChI=1S/C8H13N3O2S/c1-5(14)8(12)9-4-3-7-10-6(2)13-11-7/h5,14H,3-4H2,1-2H3,(H,9,12). The zero-order valence-corrected chi connectivity index (χ0v) is 9.04. The van der Waals surface area contributed by atoms with Crippen molar-refractivity contribution in [1.29, 1.82) is 0 Å². The minimum Gasteiger partial charge on any atom is -0.355 e. The molecular formula is C8H13N3O2S. The van der Waals surface area contributed by atoms with Gasteiger partial charge < -0.3 is 9.84 Å². The normalized spacial score (nSPS) is 12.5. The number of nitrogens with one attached hydrogen (secondary N) is 1. The second kappa shape index (κ2) is 4.99. The molecule has 6 heteroatoms. The van der Waals surface area contributed by atoms with Crippen molar-refractivity contribution in [3.63, 3.8) is 0 Å². The van der Waals surface area contributed by atoms with Crippen molar-refractivity contribution < 1.29 is 9.32 Å². The van der Waals surface area contributed by atoms with E-state index in [1.807, 2.05) is 0 Å². The van der Waals surface area contributed by atoms with Gasteiger partial charge in [-0.25, -0.2) is 0 Å². The predicted molar refractivity (Wildman–Crippen MR) is 54.2 cm³/mol. The summed E-state index contributed by atoms with van der Waals surface area (Å²) in [7, 11) is 0. The Hall–Kier alpha value is -1.04. The lowest BCUT2D eigenvalue weighted by atomic mass is 10.3. The molecule has 1 heterocycles. The smallest absolute Gasteiger partial charge is 0.232 e. The van der Waals surface area contributed by atoms with Crippen molar-refractivity contribution in [3.05, 3.63) is 11.7 Å². The van der Waals surface area contributed by atoms with E-state index >= 15 is 0 Å². The lowest BCUT2D eigenvalue weighted by Crippen LogP contribution is -2.31. The van der Waals surface area contributed by atoms with E-state index in [1.54, 1.807) is 13.8 Å². The molecule has 0 aliphatic heterocycles. The third-order valence-corrected chi connectivity index (χ3v) is 1.83. The minimum atomic E-state index is -0.290. The van der Waals surface area contributed by atoms with Gasteiger partial charge in [-0.3, -0.25) is 4.79 Å². The molecule has 0 aliphatic rings. The maximum Gasteiger partial charge on any atom is 0.232 e. The number of aromatic nitrogens is 2. The predicted octanol–water partition coefficient (Wildman–Crippen LogP) is 0.355. The van der Waals surface area contributed by atoms with Gasteiger partial charge in [-0.05, 0) is 6.92 Å². The molecule has 0 fully saturated rings. The molecule has 0 saturated carbocycles. The van der Waals surface area contributed by atoms with Crippen molar-refractivity contribution in [2.24, 2.45) is 0 Å². The Morgan fingerprint density at radius 1 is 1.71 bits per heavy atom. The minimum absolute atomic E-state index is 0.0893. The molecule has 0 bridgehead atoms. The first-order valence-electron chi connectivity index (χ1n) is 4.34. The summed E-state index contributed by atoms with van der Waals surface area (Å²) in [5.41, 5.74) is 0. The summed E-state index contributed by atoms with van der Waals surface area (Å²) >= 11 is 4.00. The number of aryl methyl sites for hydroxylation is 1. The van der Waals surface area contributed by atoms with Crippen LogP contribution in [0.1, 0.15) is 18.6 Å². The molecule has 1 unspecified atom stereocenters. The fraction of sp³-hybridized carbons (Fsp3) is 0.625. The topological polar surface area (TPSA) is 68.0 Å². The van der Waals surface area contributed by atoms with Crippen molar-refractivity contribution in [2.45, 2.75) is 25.5 Å². The Morgan fingerprint density at radius 2 is 2.43 bits per heavy atom. The van der Waals surface area contributed by atoms with E-state index in [1.165, 1.54) is 0 Å². The Bertz CT molecular complexity index is 311. The Balaban J connectivity index is 2.25. The van der Waals surface area contributed by atoms with Crippen LogP contribution in [0.2, 0.25) is 0 Å². The van der Waals surface area contributed by atoms with Crippen molar-refractivity contribution in [1.82, 2.24) is 15.5 Å². The van der Waals surface area contributed by atoms with Gasteiger partial charge in [0.25, 0.3) is 0 Å². The van der Waals surface area contributed by atoms with Crippen molar-refractivity contribution >= 4 is 18.5 Å². The molecule has 1 aromatic rings. The highest BCUT2D eigenvalue weighted by Gasteiger charge is 2.07. The zero-order chi connectivity index (χ0) is 10.6. The van der Waals surface area contributed by atoms with E-state index in [0.717, 1.165) is 0 Å². The van der Waals surface area contributed by atoms with Crippen LogP contribution in [-0.4, -0.2) is 27.8 Å². The average Bonchev–Trinajstić information content (AvgIpc) is 2.51. The molecule has 5 nitrogen and oxygen atoms in total. The van der Waals surface area contributed by atoms with Gasteiger partial charge in [-0.15, -0.1) is 0 Å². The summed E-state index contributed by atoms with van der Waals surface area (Å²) in [5.74, 6) is 1.05. The Morgan fingerprint density at radius 3 is 2.93 bits per heavy atom. The van der Waals surface area contributed by atoms with Gasteiger partial charge in [-0.2, -0.15) is 17.6 Å². The van der Waals surface area contributed by atoms with Crippen LogP contribution in [0.3, 0.4) is 0 Å². The number of rotatable bonds is 4. The zero-order valence-electron chi connectivity index (χ0n) is 8.15. The van der Waals surface area contributed by atoms with E-state index in [-0.39, 0.29) is 11.2 Å². The fourth-order valence-corrected chi connectivity index (χ4v) is 0.979. The van der Waals surface area contributed by atoms with E-state index in [2.05, 4.69) is 28.1 Å². The summed E-state index contributed by atoms with van der Waals surface area (Å²) in [5, 5.41) is 6.11. The van der Waals surface area contributed by atoms with Crippen LogP contribution in [0.5, 0.6) is 0 Å². The monoisotopic (exact) mass is 215 g/mol. The molecule has 0 aromatic carbocycles. The summed E-state index contributed by atoms with van der Waals surface area (Å²) in [6.07, 6.45) is 0.573. The SMILES string of the molecule is Cc1nc(CCNC(=O)C(C)S)no1. The fourth-order valence-electron chi connectivity index (χ4n) is 0.888. The number of nitrogens with zero attached hydrogens (tertiary/aromatic N) is 2. The van der Waals surface area contributed by atoms with Gasteiger partial charge in [0.2, 0.25) is 11.8 Å². The maximum absolute atomic E-state index is 11.1. The van der Waals surface area contributed by atoms with E-state index in [0.29, 0.717) is 24.7 Å². The number of hydrogen-bond acceptors (Lipinski definition) is 5. The van der Waals surface area contributed by atoms with Crippen LogP contribution < -0.4 is 5.32 Å². The van der Waals surface area contributed by atoms with Crippen molar-refractivity contribution in [3.8, 4) is 0 Å². The number of hydrogen-bond donors (Lipinski definition) is 2. The molecule has 1 aromatic heterocycles. The number of carbonyl (C=O) groups excluding carboxylic acids is 1. The van der Waals surface area contributed by atoms with Gasteiger partial charge in [0.1, 0.15) is 0 Å². The summed E-state index contributed by atoms with van der Waals surface area (Å²) < 4.78 is 4.78. The van der Waals surface area contributed by atoms with Gasteiger partial charge in [0, 0.05) is 19.9 Å². The van der Waals surface area contributed by atoms with Crippen LogP contribution in [0.15, 0.2) is 4.52 Å². The van der Waals surface area contributed by atoms with Crippen LogP contribution >= 0.6 is 12.6 Å². The third-order valence-electron chi connectivity index (χ3n) is 1.60. The van der Waals surface area contributed by atoms with E-state index < -0.39 is 0 Å². The number of thiol groups is 1. The van der Waals surface area contributed by atoms with Crippen LogP contribution in [0.25, 0.3) is 0 Å². The molecule has 0 radical (unpaired) electrons. The van der Waals surface area contributed by atoms with Crippen LogP contribution in [0, 0.1) is 6.92 Å². The molecule has 14 heavy (non-hydrogen) atoms. The van der Waals surface area contributed by atoms with Gasteiger partial charge in [-0.1, -0.05) is 5.16 Å². The largest absolute Gasteiger partial charge is 0.355 e. The van der Waals surface area contributed by atoms with Crippen LogP contribution in [0.4, 0.5) is 0 Å². The molecule has 0 saturated heterocycles. The first kappa shape index (κ1) is 11.0. The molecule has 1 rings (SSSR count). The highest BCUT2D eigenvalue weighted by Crippen LogP contribution is 1.95. The molecule has 78 valence electrons.